The first kappa shape index (κ1) is 15.6. The number of benzene rings is 1. The van der Waals surface area contributed by atoms with Crippen molar-refractivity contribution in [2.24, 2.45) is 5.92 Å². The molecule has 2 atom stereocenters. The van der Waals surface area contributed by atoms with E-state index in [4.69, 9.17) is 16.0 Å². The predicted octanol–water partition coefficient (Wildman–Crippen LogP) is 4.02. The molecule has 0 saturated heterocycles. The van der Waals surface area contributed by atoms with Crippen LogP contribution in [0.2, 0.25) is 5.02 Å². The van der Waals surface area contributed by atoms with Crippen molar-refractivity contribution in [2.75, 3.05) is 10.6 Å². The first-order valence-corrected chi connectivity index (χ1v) is 7.90. The van der Waals surface area contributed by atoms with Gasteiger partial charge in [-0.1, -0.05) is 18.5 Å². The number of nitrogens with one attached hydrogen (secondary N) is 2. The summed E-state index contributed by atoms with van der Waals surface area (Å²) in [5, 5.41) is 6.01. The lowest BCUT2D eigenvalue weighted by molar-refractivity contribution is -0.117. The minimum Gasteiger partial charge on any atom is -0.469 e. The van der Waals surface area contributed by atoms with Crippen molar-refractivity contribution in [1.82, 2.24) is 0 Å². The van der Waals surface area contributed by atoms with E-state index in [1.165, 1.54) is 0 Å². The Morgan fingerprint density at radius 2 is 2.13 bits per heavy atom. The predicted molar refractivity (Wildman–Crippen MR) is 88.6 cm³/mol. The number of amides is 2. The van der Waals surface area contributed by atoms with E-state index in [2.05, 4.69) is 10.6 Å². The Morgan fingerprint density at radius 1 is 1.30 bits per heavy atom. The van der Waals surface area contributed by atoms with Gasteiger partial charge in [-0.2, -0.15) is 0 Å². The van der Waals surface area contributed by atoms with E-state index in [-0.39, 0.29) is 23.7 Å². The van der Waals surface area contributed by atoms with Crippen LogP contribution in [-0.4, -0.2) is 11.8 Å². The minimum absolute atomic E-state index is 0.0905. The molecule has 23 heavy (non-hydrogen) atoms. The molecule has 0 bridgehead atoms. The van der Waals surface area contributed by atoms with Crippen LogP contribution >= 0.6 is 11.6 Å². The molecule has 1 aliphatic rings. The maximum atomic E-state index is 12.3. The van der Waals surface area contributed by atoms with Gasteiger partial charge in [-0.15, -0.1) is 0 Å². The van der Waals surface area contributed by atoms with Crippen LogP contribution in [-0.2, 0) is 9.59 Å². The lowest BCUT2D eigenvalue weighted by atomic mass is 10.2. The number of hydrogen-bond acceptors (Lipinski definition) is 3. The number of rotatable bonds is 5. The van der Waals surface area contributed by atoms with E-state index >= 15 is 0 Å². The lowest BCUT2D eigenvalue weighted by Gasteiger charge is -2.10. The van der Waals surface area contributed by atoms with Crippen LogP contribution in [0.5, 0.6) is 0 Å². The van der Waals surface area contributed by atoms with Crippen molar-refractivity contribution in [3.05, 3.63) is 47.4 Å². The molecular formula is C17H17ClN2O3. The van der Waals surface area contributed by atoms with Crippen LogP contribution in [0.25, 0.3) is 0 Å². The molecule has 2 N–H and O–H groups in total. The van der Waals surface area contributed by atoms with Crippen molar-refractivity contribution in [3.8, 4) is 0 Å². The van der Waals surface area contributed by atoms with Gasteiger partial charge in [0.15, 0.2) is 0 Å². The lowest BCUT2D eigenvalue weighted by Crippen LogP contribution is -2.15. The van der Waals surface area contributed by atoms with Crippen molar-refractivity contribution < 1.29 is 14.0 Å². The molecule has 1 aromatic carbocycles. The van der Waals surface area contributed by atoms with Crippen molar-refractivity contribution in [3.63, 3.8) is 0 Å². The zero-order valence-electron chi connectivity index (χ0n) is 12.6. The Bertz CT molecular complexity index is 727. The third kappa shape index (κ3) is 3.56. The smallest absolute Gasteiger partial charge is 0.228 e. The van der Waals surface area contributed by atoms with Gasteiger partial charge in [0.25, 0.3) is 0 Å². The summed E-state index contributed by atoms with van der Waals surface area (Å²) in [7, 11) is 0. The second-order valence-corrected chi connectivity index (χ2v) is 5.96. The fourth-order valence-electron chi connectivity index (χ4n) is 2.48. The van der Waals surface area contributed by atoms with Gasteiger partial charge >= 0.3 is 0 Å². The summed E-state index contributed by atoms with van der Waals surface area (Å²) in [5.74, 6) is 0.676. The largest absolute Gasteiger partial charge is 0.469 e. The SMILES string of the molecule is CCC(=O)Nc1ccc(Cl)c(NC(=O)[C@H]2C[C@H]2c2ccco2)c1. The molecule has 1 heterocycles. The molecule has 0 aliphatic heterocycles. The molecule has 1 fully saturated rings. The quantitative estimate of drug-likeness (QED) is 0.868. The third-order valence-electron chi connectivity index (χ3n) is 3.86. The molecule has 6 heteroatoms. The maximum Gasteiger partial charge on any atom is 0.228 e. The topological polar surface area (TPSA) is 71.3 Å². The summed E-state index contributed by atoms with van der Waals surface area (Å²) < 4.78 is 5.33. The van der Waals surface area contributed by atoms with Crippen LogP contribution in [0, 0.1) is 5.92 Å². The number of anilines is 2. The van der Waals surface area contributed by atoms with Gasteiger partial charge in [0, 0.05) is 23.9 Å². The Labute approximate surface area is 139 Å². The van der Waals surface area contributed by atoms with Crippen LogP contribution in [0.15, 0.2) is 41.0 Å². The Kier molecular flexibility index (Phi) is 4.39. The zero-order chi connectivity index (χ0) is 16.4. The van der Waals surface area contributed by atoms with E-state index in [1.807, 2.05) is 12.1 Å². The van der Waals surface area contributed by atoms with Gasteiger partial charge in [0.2, 0.25) is 11.8 Å². The molecular weight excluding hydrogens is 316 g/mol. The van der Waals surface area contributed by atoms with Crippen LogP contribution in [0.3, 0.4) is 0 Å². The average molecular weight is 333 g/mol. The fraction of sp³-hybridized carbons (Fsp3) is 0.294. The van der Waals surface area contributed by atoms with Crippen molar-refractivity contribution >= 4 is 34.8 Å². The van der Waals surface area contributed by atoms with Gasteiger partial charge in [0.05, 0.1) is 17.0 Å². The first-order chi connectivity index (χ1) is 11.1. The summed E-state index contributed by atoms with van der Waals surface area (Å²) in [5.41, 5.74) is 1.10. The van der Waals surface area contributed by atoms with Crippen LogP contribution in [0.4, 0.5) is 11.4 Å². The second-order valence-electron chi connectivity index (χ2n) is 5.55. The van der Waals surface area contributed by atoms with Crippen LogP contribution < -0.4 is 10.6 Å². The molecule has 0 radical (unpaired) electrons. The van der Waals surface area contributed by atoms with Crippen molar-refractivity contribution in [2.45, 2.75) is 25.7 Å². The molecule has 1 aromatic heterocycles. The molecule has 2 amide bonds. The first-order valence-electron chi connectivity index (χ1n) is 7.52. The highest BCUT2D eigenvalue weighted by molar-refractivity contribution is 6.34. The molecule has 2 aromatic rings. The fourth-order valence-corrected chi connectivity index (χ4v) is 2.64. The molecule has 1 aliphatic carbocycles. The number of halogens is 1. The molecule has 5 nitrogen and oxygen atoms in total. The van der Waals surface area contributed by atoms with E-state index in [0.717, 1.165) is 12.2 Å². The van der Waals surface area contributed by atoms with Crippen molar-refractivity contribution in [1.29, 1.82) is 0 Å². The second kappa shape index (κ2) is 6.46. The molecule has 0 unspecified atom stereocenters. The number of carbonyl (C=O) groups excluding carboxylic acids is 2. The molecule has 1 saturated carbocycles. The average Bonchev–Trinajstić information content (AvgIpc) is 3.16. The number of furan rings is 1. The minimum atomic E-state index is -0.105. The van der Waals surface area contributed by atoms with Gasteiger partial charge in [-0.3, -0.25) is 9.59 Å². The van der Waals surface area contributed by atoms with Gasteiger partial charge < -0.3 is 15.1 Å². The van der Waals surface area contributed by atoms with Gasteiger partial charge in [0.1, 0.15) is 5.76 Å². The van der Waals surface area contributed by atoms with Gasteiger partial charge in [-0.25, -0.2) is 0 Å². The van der Waals surface area contributed by atoms with E-state index in [1.54, 1.807) is 31.4 Å². The Morgan fingerprint density at radius 3 is 2.83 bits per heavy atom. The molecule has 0 spiro atoms. The Balaban J connectivity index is 1.66. The highest BCUT2D eigenvalue weighted by Crippen LogP contribution is 2.48. The maximum absolute atomic E-state index is 12.3. The van der Waals surface area contributed by atoms with Gasteiger partial charge in [-0.05, 0) is 36.8 Å². The molecule has 3 rings (SSSR count). The van der Waals surface area contributed by atoms with E-state index in [9.17, 15) is 9.59 Å². The standard InChI is InChI=1S/C17H17ClN2O3/c1-2-16(21)19-10-5-6-13(18)14(8-10)20-17(22)12-9-11(12)15-4-3-7-23-15/h3-8,11-12H,2,9H2,1H3,(H,19,21)(H,20,22)/t11-,12+/m1/s1. The summed E-state index contributed by atoms with van der Waals surface area (Å²) in [6.45, 7) is 1.77. The number of carbonyl (C=O) groups is 2. The summed E-state index contributed by atoms with van der Waals surface area (Å²) >= 11 is 6.13. The summed E-state index contributed by atoms with van der Waals surface area (Å²) in [4.78, 5) is 23.8. The summed E-state index contributed by atoms with van der Waals surface area (Å²) in [6.07, 6.45) is 2.76. The van der Waals surface area contributed by atoms with Crippen LogP contribution in [0.1, 0.15) is 31.4 Å². The normalized spacial score (nSPS) is 19.2. The van der Waals surface area contributed by atoms with E-state index < -0.39 is 0 Å². The highest BCUT2D eigenvalue weighted by atomic mass is 35.5. The number of hydrogen-bond donors (Lipinski definition) is 2. The molecule has 120 valence electrons. The van der Waals surface area contributed by atoms with E-state index in [0.29, 0.717) is 22.8 Å². The Hall–Kier alpha value is -2.27. The monoisotopic (exact) mass is 332 g/mol. The summed E-state index contributed by atoms with van der Waals surface area (Å²) in [6, 6.07) is 8.72. The highest BCUT2D eigenvalue weighted by Gasteiger charge is 2.45. The third-order valence-corrected chi connectivity index (χ3v) is 4.19. The zero-order valence-corrected chi connectivity index (χ0v) is 13.4.